The van der Waals surface area contributed by atoms with Gasteiger partial charge in [0.15, 0.2) is 0 Å². The molecule has 4 heteroatoms. The Bertz CT molecular complexity index is 161. The van der Waals surface area contributed by atoms with Crippen molar-refractivity contribution in [3.63, 3.8) is 0 Å². The zero-order valence-electron chi connectivity index (χ0n) is 6.41. The zero-order valence-corrected chi connectivity index (χ0v) is 6.41. The minimum Gasteiger partial charge on any atom is -0.478 e. The summed E-state index contributed by atoms with van der Waals surface area (Å²) in [6.07, 6.45) is 0.861. The molecule has 0 saturated carbocycles. The van der Waals surface area contributed by atoms with Crippen LogP contribution in [-0.4, -0.2) is 35.5 Å². The second-order valence-electron chi connectivity index (χ2n) is 2.23. The molecule has 0 atom stereocenters. The Morgan fingerprint density at radius 1 is 1.64 bits per heavy atom. The molecule has 0 aromatic heterocycles. The van der Waals surface area contributed by atoms with E-state index >= 15 is 0 Å². The van der Waals surface area contributed by atoms with Gasteiger partial charge >= 0.3 is 5.97 Å². The first-order valence-electron chi connectivity index (χ1n) is 3.16. The molecular weight excluding hydrogens is 146 g/mol. The van der Waals surface area contributed by atoms with E-state index in [1.54, 1.807) is 4.90 Å². The third-order valence-corrected chi connectivity index (χ3v) is 0.996. The highest BCUT2D eigenvalue weighted by Gasteiger charge is 2.11. The smallest absolute Gasteiger partial charge is 0.330 e. The monoisotopic (exact) mass is 157 g/mol. The van der Waals surface area contributed by atoms with Gasteiger partial charge < -0.3 is 10.0 Å². The lowest BCUT2D eigenvalue weighted by atomic mass is 10.4. The molecule has 0 aromatic carbocycles. The van der Waals surface area contributed by atoms with Gasteiger partial charge in [0, 0.05) is 18.7 Å². The van der Waals surface area contributed by atoms with Crippen LogP contribution in [-0.2, 0) is 9.59 Å². The Balaban J connectivity index is 0.000000183. The highest BCUT2D eigenvalue weighted by Crippen LogP contribution is 1.94. The van der Waals surface area contributed by atoms with Crippen molar-refractivity contribution >= 4 is 12.4 Å². The molecule has 0 spiro atoms. The maximum atomic E-state index is 9.60. The molecule has 0 bridgehead atoms. The number of hydrogen-bond acceptors (Lipinski definition) is 2. The SMILES string of the molecule is C=C(C)C(=O)O.O=CN1CC1. The van der Waals surface area contributed by atoms with E-state index in [2.05, 4.69) is 6.58 Å². The molecule has 1 N–H and O–H groups in total. The van der Waals surface area contributed by atoms with Crippen LogP contribution in [0.2, 0.25) is 0 Å². The van der Waals surface area contributed by atoms with Gasteiger partial charge in [-0.1, -0.05) is 6.58 Å². The van der Waals surface area contributed by atoms with Crippen molar-refractivity contribution in [1.82, 2.24) is 4.90 Å². The van der Waals surface area contributed by atoms with Crippen molar-refractivity contribution in [2.45, 2.75) is 6.92 Å². The molecule has 1 aliphatic heterocycles. The van der Waals surface area contributed by atoms with Crippen molar-refractivity contribution in [1.29, 1.82) is 0 Å². The molecule has 4 nitrogen and oxygen atoms in total. The molecule has 1 heterocycles. The number of carboxylic acid groups (broad SMARTS) is 1. The Labute approximate surface area is 65.1 Å². The number of hydrogen-bond donors (Lipinski definition) is 1. The van der Waals surface area contributed by atoms with E-state index in [9.17, 15) is 9.59 Å². The number of amides is 1. The van der Waals surface area contributed by atoms with Crippen LogP contribution in [0.5, 0.6) is 0 Å². The number of carbonyl (C=O) groups is 2. The summed E-state index contributed by atoms with van der Waals surface area (Å²) in [4.78, 5) is 20.8. The molecule has 11 heavy (non-hydrogen) atoms. The van der Waals surface area contributed by atoms with Gasteiger partial charge in [-0.05, 0) is 6.92 Å². The van der Waals surface area contributed by atoms with Crippen molar-refractivity contribution in [2.24, 2.45) is 0 Å². The quantitative estimate of drug-likeness (QED) is 0.351. The normalized spacial score (nSPS) is 12.6. The number of aliphatic carboxylic acids is 1. The Morgan fingerprint density at radius 3 is 2.00 bits per heavy atom. The first kappa shape index (κ1) is 9.68. The molecule has 1 aliphatic rings. The van der Waals surface area contributed by atoms with E-state index in [-0.39, 0.29) is 5.57 Å². The first-order chi connectivity index (χ1) is 5.07. The lowest BCUT2D eigenvalue weighted by Gasteiger charge is -1.79. The fourth-order valence-corrected chi connectivity index (χ4v) is 0.163. The van der Waals surface area contributed by atoms with E-state index in [1.807, 2.05) is 0 Å². The summed E-state index contributed by atoms with van der Waals surface area (Å²) in [7, 11) is 0. The fourth-order valence-electron chi connectivity index (χ4n) is 0.163. The lowest BCUT2D eigenvalue weighted by molar-refractivity contribution is -0.132. The van der Waals surface area contributed by atoms with Crippen molar-refractivity contribution in [3.05, 3.63) is 12.2 Å². The molecule has 1 amide bonds. The zero-order chi connectivity index (χ0) is 8.85. The van der Waals surface area contributed by atoms with E-state index in [4.69, 9.17) is 5.11 Å². The molecule has 1 saturated heterocycles. The molecular formula is C7H11NO3. The molecule has 1 fully saturated rings. The topological polar surface area (TPSA) is 57.4 Å². The number of rotatable bonds is 2. The molecule has 0 unspecified atom stereocenters. The minimum absolute atomic E-state index is 0.176. The van der Waals surface area contributed by atoms with Crippen molar-refractivity contribution in [3.8, 4) is 0 Å². The standard InChI is InChI=1S/C4H6O2.C3H5NO/c1-3(2)4(5)6;5-3-4-1-2-4/h1H2,2H3,(H,5,6);3H,1-2H2. The maximum Gasteiger partial charge on any atom is 0.330 e. The Hall–Kier alpha value is -1.32. The second kappa shape index (κ2) is 4.49. The average molecular weight is 157 g/mol. The summed E-state index contributed by atoms with van der Waals surface area (Å²) < 4.78 is 0. The molecule has 62 valence electrons. The number of nitrogens with zero attached hydrogens (tertiary/aromatic N) is 1. The van der Waals surface area contributed by atoms with Crippen LogP contribution in [0.1, 0.15) is 6.92 Å². The summed E-state index contributed by atoms with van der Waals surface area (Å²) in [5.74, 6) is -0.935. The summed E-state index contributed by atoms with van der Waals surface area (Å²) in [5, 5.41) is 7.89. The number of carboxylic acids is 1. The average Bonchev–Trinajstić information content (AvgIpc) is 2.70. The van der Waals surface area contributed by atoms with Crippen LogP contribution in [0.4, 0.5) is 0 Å². The summed E-state index contributed by atoms with van der Waals surface area (Å²) >= 11 is 0. The molecule has 0 aliphatic carbocycles. The van der Waals surface area contributed by atoms with Crippen LogP contribution >= 0.6 is 0 Å². The lowest BCUT2D eigenvalue weighted by Crippen LogP contribution is -1.92. The van der Waals surface area contributed by atoms with Gasteiger partial charge in [0.05, 0.1) is 0 Å². The molecule has 0 radical (unpaired) electrons. The van der Waals surface area contributed by atoms with Gasteiger partial charge in [0.25, 0.3) is 0 Å². The van der Waals surface area contributed by atoms with Crippen LogP contribution in [0.3, 0.4) is 0 Å². The third kappa shape index (κ3) is 6.57. The summed E-state index contributed by atoms with van der Waals surface area (Å²) in [6.45, 7) is 6.55. The maximum absolute atomic E-state index is 9.60. The van der Waals surface area contributed by atoms with Crippen molar-refractivity contribution in [2.75, 3.05) is 13.1 Å². The summed E-state index contributed by atoms with van der Waals surface area (Å²) in [6, 6.07) is 0. The van der Waals surface area contributed by atoms with Gasteiger partial charge in [-0.2, -0.15) is 0 Å². The predicted molar refractivity (Wildman–Crippen MR) is 40.1 cm³/mol. The van der Waals surface area contributed by atoms with Gasteiger partial charge in [0.1, 0.15) is 0 Å². The van der Waals surface area contributed by atoms with E-state index in [0.29, 0.717) is 0 Å². The van der Waals surface area contributed by atoms with Gasteiger partial charge in [-0.3, -0.25) is 4.79 Å². The second-order valence-corrected chi connectivity index (χ2v) is 2.23. The van der Waals surface area contributed by atoms with Crippen molar-refractivity contribution < 1.29 is 14.7 Å². The molecule has 0 aromatic rings. The third-order valence-electron chi connectivity index (χ3n) is 0.996. The highest BCUT2D eigenvalue weighted by atomic mass is 16.4. The minimum atomic E-state index is -0.935. The fraction of sp³-hybridized carbons (Fsp3) is 0.429. The predicted octanol–water partition coefficient (Wildman–Crippen LogP) is 0.105. The van der Waals surface area contributed by atoms with E-state index < -0.39 is 5.97 Å². The van der Waals surface area contributed by atoms with E-state index in [1.165, 1.54) is 6.92 Å². The largest absolute Gasteiger partial charge is 0.478 e. The Kier molecular flexibility index (Phi) is 3.95. The van der Waals surface area contributed by atoms with Gasteiger partial charge in [-0.15, -0.1) is 0 Å². The van der Waals surface area contributed by atoms with Gasteiger partial charge in [-0.25, -0.2) is 4.79 Å². The highest BCUT2D eigenvalue weighted by molar-refractivity contribution is 5.84. The molecule has 1 rings (SSSR count). The van der Waals surface area contributed by atoms with Gasteiger partial charge in [0.2, 0.25) is 6.41 Å². The van der Waals surface area contributed by atoms with Crippen LogP contribution < -0.4 is 0 Å². The Morgan fingerprint density at radius 2 is 2.00 bits per heavy atom. The van der Waals surface area contributed by atoms with Crippen LogP contribution in [0.25, 0.3) is 0 Å². The summed E-state index contributed by atoms with van der Waals surface area (Å²) in [5.41, 5.74) is 0.176. The first-order valence-corrected chi connectivity index (χ1v) is 3.16. The number of carbonyl (C=O) groups excluding carboxylic acids is 1. The van der Waals surface area contributed by atoms with E-state index in [0.717, 1.165) is 19.5 Å². The van der Waals surface area contributed by atoms with Crippen LogP contribution in [0.15, 0.2) is 12.2 Å². The van der Waals surface area contributed by atoms with Crippen LogP contribution in [0, 0.1) is 0 Å².